The molecule has 1 fully saturated rings. The van der Waals surface area contributed by atoms with Crippen molar-refractivity contribution in [1.29, 1.82) is 0 Å². The van der Waals surface area contributed by atoms with Crippen LogP contribution in [0.1, 0.15) is 35.4 Å². The number of rotatable bonds is 3. The van der Waals surface area contributed by atoms with Gasteiger partial charge in [-0.25, -0.2) is 0 Å². The van der Waals surface area contributed by atoms with Gasteiger partial charge in [0.1, 0.15) is 19.0 Å². The number of hydrogen-bond acceptors (Lipinski definition) is 5. The van der Waals surface area contributed by atoms with E-state index in [-0.39, 0.29) is 6.10 Å². The zero-order valence-electron chi connectivity index (χ0n) is 16.8. The molecule has 0 aromatic heterocycles. The molecule has 1 N–H and O–H groups in total. The molecule has 152 valence electrons. The van der Waals surface area contributed by atoms with E-state index in [0.717, 1.165) is 62.9 Å². The third kappa shape index (κ3) is 3.21. The van der Waals surface area contributed by atoms with Crippen LogP contribution in [-0.2, 0) is 12.8 Å². The molecule has 0 saturated heterocycles. The summed E-state index contributed by atoms with van der Waals surface area (Å²) in [6.07, 6.45) is 4.87. The maximum atomic E-state index is 6.28. The van der Waals surface area contributed by atoms with E-state index in [4.69, 9.17) is 14.2 Å². The minimum absolute atomic E-state index is 0.0309. The zero-order chi connectivity index (χ0) is 19.2. The molecular formula is C24H28N2O3. The topological polar surface area (TPSA) is 43.0 Å². The molecule has 2 aromatic rings. The molecule has 1 saturated carbocycles. The Bertz CT molecular complexity index is 925. The molecule has 2 aromatic carbocycles. The highest BCUT2D eigenvalue weighted by Crippen LogP contribution is 2.51. The first-order valence-electron chi connectivity index (χ1n) is 11.0. The maximum absolute atomic E-state index is 6.28. The summed E-state index contributed by atoms with van der Waals surface area (Å²) in [7, 11) is 0. The normalized spacial score (nSPS) is 22.9. The van der Waals surface area contributed by atoms with Crippen LogP contribution in [0.2, 0.25) is 0 Å². The SMILES string of the molecule is c1ccc2c(c1)OC[C@H](CN1CCOc3cc4c(c(C5CC5)c31)CCNCC4)O2. The molecule has 1 aliphatic carbocycles. The van der Waals surface area contributed by atoms with Gasteiger partial charge in [-0.1, -0.05) is 12.1 Å². The number of hydrogen-bond donors (Lipinski definition) is 1. The fourth-order valence-electron chi connectivity index (χ4n) is 5.05. The van der Waals surface area contributed by atoms with Crippen LogP contribution in [0.4, 0.5) is 5.69 Å². The van der Waals surface area contributed by atoms with E-state index >= 15 is 0 Å². The van der Waals surface area contributed by atoms with E-state index < -0.39 is 0 Å². The number of benzene rings is 2. The Morgan fingerprint density at radius 1 is 1.00 bits per heavy atom. The van der Waals surface area contributed by atoms with Gasteiger partial charge in [-0.2, -0.15) is 0 Å². The second-order valence-electron chi connectivity index (χ2n) is 8.59. The van der Waals surface area contributed by atoms with Crippen molar-refractivity contribution in [2.24, 2.45) is 0 Å². The number of fused-ring (bicyclic) bond motifs is 3. The molecule has 0 unspecified atom stereocenters. The molecule has 0 amide bonds. The predicted octanol–water partition coefficient (Wildman–Crippen LogP) is 3.29. The van der Waals surface area contributed by atoms with E-state index in [1.807, 2.05) is 24.3 Å². The zero-order valence-corrected chi connectivity index (χ0v) is 16.8. The summed E-state index contributed by atoms with van der Waals surface area (Å²) in [6, 6.07) is 10.3. The van der Waals surface area contributed by atoms with Crippen LogP contribution in [0.25, 0.3) is 0 Å². The summed E-state index contributed by atoms with van der Waals surface area (Å²) in [5.74, 6) is 3.48. The van der Waals surface area contributed by atoms with Crippen molar-refractivity contribution in [3.05, 3.63) is 47.0 Å². The summed E-state index contributed by atoms with van der Waals surface area (Å²) in [6.45, 7) is 5.21. The molecule has 5 heteroatoms. The monoisotopic (exact) mass is 392 g/mol. The van der Waals surface area contributed by atoms with E-state index in [2.05, 4.69) is 16.3 Å². The first-order chi connectivity index (χ1) is 14.4. The first kappa shape index (κ1) is 17.5. The smallest absolute Gasteiger partial charge is 0.161 e. The van der Waals surface area contributed by atoms with Gasteiger partial charge < -0.3 is 24.4 Å². The van der Waals surface area contributed by atoms with Gasteiger partial charge in [0.25, 0.3) is 0 Å². The van der Waals surface area contributed by atoms with Crippen molar-refractivity contribution >= 4 is 5.69 Å². The number of nitrogens with zero attached hydrogens (tertiary/aromatic N) is 1. The van der Waals surface area contributed by atoms with Gasteiger partial charge in [0, 0.05) is 0 Å². The number of ether oxygens (including phenoxy) is 3. The van der Waals surface area contributed by atoms with Crippen LogP contribution in [0.5, 0.6) is 17.2 Å². The van der Waals surface area contributed by atoms with Gasteiger partial charge in [0.05, 0.1) is 18.8 Å². The molecule has 4 aliphatic rings. The van der Waals surface area contributed by atoms with E-state index in [1.165, 1.54) is 24.1 Å². The Morgan fingerprint density at radius 3 is 2.76 bits per heavy atom. The highest BCUT2D eigenvalue weighted by molar-refractivity contribution is 5.71. The molecular weight excluding hydrogens is 364 g/mol. The van der Waals surface area contributed by atoms with Crippen LogP contribution < -0.4 is 24.4 Å². The minimum Gasteiger partial charge on any atom is -0.490 e. The third-order valence-corrected chi connectivity index (χ3v) is 6.54. The molecule has 3 heterocycles. The Hall–Kier alpha value is -2.40. The van der Waals surface area contributed by atoms with E-state index in [0.29, 0.717) is 12.5 Å². The molecule has 5 nitrogen and oxygen atoms in total. The minimum atomic E-state index is 0.0309. The molecule has 29 heavy (non-hydrogen) atoms. The van der Waals surface area contributed by atoms with Crippen LogP contribution in [0, 0.1) is 0 Å². The molecule has 1 atom stereocenters. The van der Waals surface area contributed by atoms with Gasteiger partial charge in [-0.3, -0.25) is 0 Å². The molecule has 0 bridgehead atoms. The second-order valence-corrected chi connectivity index (χ2v) is 8.59. The lowest BCUT2D eigenvalue weighted by atomic mass is 9.91. The maximum Gasteiger partial charge on any atom is 0.161 e. The fourth-order valence-corrected chi connectivity index (χ4v) is 5.05. The Morgan fingerprint density at radius 2 is 1.86 bits per heavy atom. The molecule has 0 spiro atoms. The number of para-hydroxylation sites is 2. The highest BCUT2D eigenvalue weighted by atomic mass is 16.6. The average Bonchev–Trinajstić information content (AvgIpc) is 3.60. The fraction of sp³-hybridized carbons (Fsp3) is 0.500. The standard InChI is InChI=1S/C24H28N2O3/c1-2-4-21-20(3-1)28-15-18(29-21)14-26-11-12-27-22-13-17-7-9-25-10-8-19(17)23(24(22)26)16-5-6-16/h1-4,13,16,18,25H,5-12,14-15H2/t18-/m0/s1. The van der Waals surface area contributed by atoms with Gasteiger partial charge in [-0.05, 0) is 79.6 Å². The number of nitrogens with one attached hydrogen (secondary N) is 1. The van der Waals surface area contributed by atoms with Crippen molar-refractivity contribution < 1.29 is 14.2 Å². The van der Waals surface area contributed by atoms with Gasteiger partial charge in [0.15, 0.2) is 17.6 Å². The number of anilines is 1. The van der Waals surface area contributed by atoms with Crippen LogP contribution >= 0.6 is 0 Å². The molecule has 0 radical (unpaired) electrons. The Balaban J connectivity index is 1.34. The average molecular weight is 392 g/mol. The highest BCUT2D eigenvalue weighted by Gasteiger charge is 2.36. The van der Waals surface area contributed by atoms with Gasteiger partial charge in [0.2, 0.25) is 0 Å². The van der Waals surface area contributed by atoms with Crippen LogP contribution in [0.15, 0.2) is 30.3 Å². The quantitative estimate of drug-likeness (QED) is 0.868. The summed E-state index contributed by atoms with van der Waals surface area (Å²) < 4.78 is 18.4. The van der Waals surface area contributed by atoms with Crippen molar-refractivity contribution in [2.45, 2.75) is 37.7 Å². The second kappa shape index (κ2) is 7.13. The predicted molar refractivity (Wildman–Crippen MR) is 113 cm³/mol. The van der Waals surface area contributed by atoms with Crippen LogP contribution in [0.3, 0.4) is 0 Å². The van der Waals surface area contributed by atoms with Crippen molar-refractivity contribution in [2.75, 3.05) is 44.3 Å². The van der Waals surface area contributed by atoms with Gasteiger partial charge >= 0.3 is 0 Å². The lowest BCUT2D eigenvalue weighted by Gasteiger charge is -2.38. The van der Waals surface area contributed by atoms with Crippen molar-refractivity contribution in [3.8, 4) is 17.2 Å². The largest absolute Gasteiger partial charge is 0.490 e. The molecule has 6 rings (SSSR count). The van der Waals surface area contributed by atoms with Gasteiger partial charge in [-0.15, -0.1) is 0 Å². The van der Waals surface area contributed by atoms with E-state index in [1.54, 1.807) is 11.1 Å². The van der Waals surface area contributed by atoms with Crippen LogP contribution in [-0.4, -0.2) is 45.5 Å². The Labute approximate surface area is 171 Å². The lowest BCUT2D eigenvalue weighted by molar-refractivity contribution is 0.0939. The first-order valence-corrected chi connectivity index (χ1v) is 11.0. The third-order valence-electron chi connectivity index (χ3n) is 6.54. The lowest BCUT2D eigenvalue weighted by Crippen LogP contribution is -2.44. The van der Waals surface area contributed by atoms with Crippen molar-refractivity contribution in [3.63, 3.8) is 0 Å². The Kier molecular flexibility index (Phi) is 4.29. The summed E-state index contributed by atoms with van der Waals surface area (Å²) in [4.78, 5) is 2.51. The summed E-state index contributed by atoms with van der Waals surface area (Å²) >= 11 is 0. The molecule has 3 aliphatic heterocycles. The van der Waals surface area contributed by atoms with Crippen molar-refractivity contribution in [1.82, 2.24) is 5.32 Å². The van der Waals surface area contributed by atoms with E-state index in [9.17, 15) is 0 Å². The summed E-state index contributed by atoms with van der Waals surface area (Å²) in [5.41, 5.74) is 5.97. The summed E-state index contributed by atoms with van der Waals surface area (Å²) in [5, 5.41) is 3.57.